The molecule has 1 saturated carbocycles. The highest BCUT2D eigenvalue weighted by atomic mass is 16.5. The molecule has 1 heterocycles. The molecule has 0 radical (unpaired) electrons. The van der Waals surface area contributed by atoms with E-state index in [9.17, 15) is 4.79 Å². The molecule has 1 aromatic heterocycles. The minimum atomic E-state index is -0.227. The fraction of sp³-hybridized carbons (Fsp3) is 0.312. The highest BCUT2D eigenvalue weighted by Gasteiger charge is 2.22. The number of nitrogens with one attached hydrogen (secondary N) is 3. The first kappa shape index (κ1) is 31.0. The molecule has 2 aromatic carbocycles. The molecule has 1 aliphatic rings. The van der Waals surface area contributed by atoms with Crippen LogP contribution in [-0.2, 0) is 17.9 Å². The number of anilines is 2. The number of carbonyl (C=O) groups excluding carboxylic acids is 1. The van der Waals surface area contributed by atoms with Crippen LogP contribution >= 0.6 is 0 Å². The molecule has 5 N–H and O–H groups in total. The van der Waals surface area contributed by atoms with E-state index < -0.39 is 0 Å². The van der Waals surface area contributed by atoms with Gasteiger partial charge < -0.3 is 25.8 Å². The number of nitrogens with two attached hydrogens (primary N) is 1. The second kappa shape index (κ2) is 15.9. The fourth-order valence-corrected chi connectivity index (χ4v) is 4.67. The van der Waals surface area contributed by atoms with Gasteiger partial charge in [-0.3, -0.25) is 10.2 Å². The Balaban J connectivity index is 0.000000850. The average molecular weight is 557 g/mol. The van der Waals surface area contributed by atoms with Crippen LogP contribution < -0.4 is 21.1 Å². The fourth-order valence-electron chi connectivity index (χ4n) is 4.67. The number of carbonyl (C=O) groups is 1. The van der Waals surface area contributed by atoms with Gasteiger partial charge in [0.05, 0.1) is 30.6 Å². The molecule has 41 heavy (non-hydrogen) atoms. The van der Waals surface area contributed by atoms with Crippen LogP contribution in [0.25, 0.3) is 0 Å². The molecule has 9 nitrogen and oxygen atoms in total. The largest absolute Gasteiger partial charge is 0.496 e. The third-order valence-corrected chi connectivity index (χ3v) is 6.69. The Morgan fingerprint density at radius 3 is 2.56 bits per heavy atom. The van der Waals surface area contributed by atoms with Gasteiger partial charge in [-0.2, -0.15) is 0 Å². The van der Waals surface area contributed by atoms with Crippen molar-refractivity contribution in [3.05, 3.63) is 101 Å². The van der Waals surface area contributed by atoms with E-state index in [0.29, 0.717) is 47.5 Å². The van der Waals surface area contributed by atoms with Crippen LogP contribution in [-0.4, -0.2) is 41.8 Å². The number of nitrogens with zero attached hydrogens (tertiary/aromatic N) is 2. The summed E-state index contributed by atoms with van der Waals surface area (Å²) in [6.07, 6.45) is 11.5. The summed E-state index contributed by atoms with van der Waals surface area (Å²) in [7, 11) is 3.15. The number of allylic oxidation sites excluding steroid dienone is 3. The Bertz CT molecular complexity index is 1370. The monoisotopic (exact) mass is 556 g/mol. The first-order valence-corrected chi connectivity index (χ1v) is 13.6. The quantitative estimate of drug-likeness (QED) is 0.177. The van der Waals surface area contributed by atoms with Crippen LogP contribution in [0.4, 0.5) is 11.6 Å². The molecule has 0 atom stereocenters. The molecule has 0 aliphatic heterocycles. The first-order chi connectivity index (χ1) is 19.9. The van der Waals surface area contributed by atoms with E-state index in [1.807, 2.05) is 43.3 Å². The molecule has 0 saturated heterocycles. The average Bonchev–Trinajstić information content (AvgIpc) is 3.50. The number of methoxy groups -OCH3 is 2. The second-order valence-electron chi connectivity index (χ2n) is 9.55. The van der Waals surface area contributed by atoms with E-state index in [1.165, 1.54) is 26.3 Å². The zero-order chi connectivity index (χ0) is 29.6. The number of nitrogen functional groups attached to an aromatic ring is 1. The van der Waals surface area contributed by atoms with Crippen LogP contribution in [0, 0.1) is 5.41 Å². The Morgan fingerprint density at radius 1 is 1.15 bits per heavy atom. The number of para-hydroxylation sites is 1. The lowest BCUT2D eigenvalue weighted by molar-refractivity contribution is 0.0948. The van der Waals surface area contributed by atoms with E-state index in [4.69, 9.17) is 20.6 Å². The summed E-state index contributed by atoms with van der Waals surface area (Å²) in [6.45, 7) is 6.03. The van der Waals surface area contributed by atoms with Gasteiger partial charge in [-0.1, -0.05) is 68.0 Å². The zero-order valence-electron chi connectivity index (χ0n) is 24.1. The molecule has 1 fully saturated rings. The summed E-state index contributed by atoms with van der Waals surface area (Å²) in [5.74, 6) is 1.13. The third kappa shape index (κ3) is 8.49. The second-order valence-corrected chi connectivity index (χ2v) is 9.55. The van der Waals surface area contributed by atoms with E-state index in [0.717, 1.165) is 24.0 Å². The van der Waals surface area contributed by atoms with Crippen molar-refractivity contribution in [3.8, 4) is 5.75 Å². The van der Waals surface area contributed by atoms with Crippen LogP contribution in [0.2, 0.25) is 0 Å². The lowest BCUT2D eigenvalue weighted by Crippen LogP contribution is -2.23. The van der Waals surface area contributed by atoms with Gasteiger partial charge in [0, 0.05) is 25.3 Å². The van der Waals surface area contributed by atoms with Crippen molar-refractivity contribution in [2.24, 2.45) is 0 Å². The molecule has 0 bridgehead atoms. The molecule has 0 unspecified atom stereocenters. The Hall–Kier alpha value is -4.50. The predicted molar refractivity (Wildman–Crippen MR) is 165 cm³/mol. The summed E-state index contributed by atoms with van der Waals surface area (Å²) in [4.78, 5) is 21.2. The number of ether oxygens (including phenoxy) is 2. The lowest BCUT2D eigenvalue weighted by Gasteiger charge is -2.19. The Morgan fingerprint density at radius 2 is 1.90 bits per heavy atom. The third-order valence-electron chi connectivity index (χ3n) is 6.69. The summed E-state index contributed by atoms with van der Waals surface area (Å²) in [5.41, 5.74) is 9.77. The molecule has 0 spiro atoms. The highest BCUT2D eigenvalue weighted by Crippen LogP contribution is 2.28. The normalized spacial score (nSPS) is 12.9. The number of aromatic nitrogens is 2. The number of hydrogen-bond donors (Lipinski definition) is 4. The van der Waals surface area contributed by atoms with Gasteiger partial charge in [0.15, 0.2) is 0 Å². The van der Waals surface area contributed by atoms with Crippen LogP contribution in [0.5, 0.6) is 5.75 Å². The first-order valence-electron chi connectivity index (χ1n) is 13.6. The van der Waals surface area contributed by atoms with Gasteiger partial charge in [-0.05, 0) is 43.0 Å². The Kier molecular flexibility index (Phi) is 12.1. The summed E-state index contributed by atoms with van der Waals surface area (Å²) in [5, 5.41) is 15.4. The smallest absolute Gasteiger partial charge is 0.255 e. The van der Waals surface area contributed by atoms with Crippen molar-refractivity contribution in [3.63, 3.8) is 0 Å². The maximum Gasteiger partial charge on any atom is 0.255 e. The highest BCUT2D eigenvalue weighted by molar-refractivity contribution is 6.17. The molecule has 9 heteroatoms. The van der Waals surface area contributed by atoms with Crippen LogP contribution in [0.3, 0.4) is 0 Å². The van der Waals surface area contributed by atoms with Gasteiger partial charge >= 0.3 is 0 Å². The van der Waals surface area contributed by atoms with Crippen molar-refractivity contribution < 1.29 is 14.3 Å². The Labute approximate surface area is 242 Å². The van der Waals surface area contributed by atoms with Crippen molar-refractivity contribution >= 4 is 23.3 Å². The molecule has 1 amide bonds. The van der Waals surface area contributed by atoms with E-state index >= 15 is 0 Å². The number of hydrogen-bond acceptors (Lipinski definition) is 8. The zero-order valence-corrected chi connectivity index (χ0v) is 24.1. The standard InChI is InChI=1S/C27H32N6O3.C5H8/c1-35-15-18-13-17(14-30-27(34)21-9-5-6-10-22(21)36-2)11-12-20(18)24(28)23-25(29)31-16-32-26(23)33-19-7-3-4-8-19;1-3-5-4-2/h5-6,9-13,16,19,28H,3-4,7-8,14-15H2,1-2H3,(H,30,34)(H3,29,31,32,33);3-5H,1H2,2H3/b;5-4-. The van der Waals surface area contributed by atoms with Crippen molar-refractivity contribution in [2.75, 3.05) is 25.3 Å². The molecule has 3 aromatic rings. The maximum absolute atomic E-state index is 12.7. The van der Waals surface area contributed by atoms with Gasteiger partial charge in [-0.25, -0.2) is 9.97 Å². The summed E-state index contributed by atoms with van der Waals surface area (Å²) in [6, 6.07) is 13.1. The van der Waals surface area contributed by atoms with E-state index in [2.05, 4.69) is 27.2 Å². The van der Waals surface area contributed by atoms with E-state index in [-0.39, 0.29) is 17.4 Å². The van der Waals surface area contributed by atoms with Crippen LogP contribution in [0.15, 0.2) is 73.6 Å². The summed E-state index contributed by atoms with van der Waals surface area (Å²) < 4.78 is 10.7. The van der Waals surface area contributed by atoms with Gasteiger partial charge in [-0.15, -0.1) is 0 Å². The number of amides is 1. The maximum atomic E-state index is 12.7. The molecule has 4 rings (SSSR count). The summed E-state index contributed by atoms with van der Waals surface area (Å²) >= 11 is 0. The van der Waals surface area contributed by atoms with Gasteiger partial charge in [0.1, 0.15) is 23.7 Å². The molecule has 1 aliphatic carbocycles. The SMILES string of the molecule is C=C/C=C\C.COCc1cc(CNC(=O)c2ccccc2OC)ccc1C(=N)c1c(N)ncnc1NC1CCCC1. The lowest BCUT2D eigenvalue weighted by atomic mass is 9.96. The molecular formula is C32H40N6O3. The van der Waals surface area contributed by atoms with Crippen molar-refractivity contribution in [1.29, 1.82) is 5.41 Å². The number of benzene rings is 2. The van der Waals surface area contributed by atoms with Crippen molar-refractivity contribution in [1.82, 2.24) is 15.3 Å². The molecular weight excluding hydrogens is 516 g/mol. The topological polar surface area (TPSA) is 135 Å². The minimum Gasteiger partial charge on any atom is -0.496 e. The predicted octanol–water partition coefficient (Wildman–Crippen LogP) is 5.66. The van der Waals surface area contributed by atoms with Crippen molar-refractivity contribution in [2.45, 2.75) is 51.8 Å². The molecule has 216 valence electrons. The number of rotatable bonds is 11. The van der Waals surface area contributed by atoms with Gasteiger partial charge in [0.25, 0.3) is 5.91 Å². The van der Waals surface area contributed by atoms with Gasteiger partial charge in [0.2, 0.25) is 0 Å². The van der Waals surface area contributed by atoms with Crippen LogP contribution in [0.1, 0.15) is 65.2 Å². The minimum absolute atomic E-state index is 0.227. The van der Waals surface area contributed by atoms with E-state index in [1.54, 1.807) is 31.4 Å².